The van der Waals surface area contributed by atoms with Gasteiger partial charge in [-0.15, -0.1) is 0 Å². The predicted molar refractivity (Wildman–Crippen MR) is 123 cm³/mol. The Balaban J connectivity index is 1.61. The van der Waals surface area contributed by atoms with Gasteiger partial charge in [0.05, 0.1) is 12.0 Å². The molecule has 2 N–H and O–H groups in total. The Bertz CT molecular complexity index is 611. The van der Waals surface area contributed by atoms with Gasteiger partial charge in [-0.3, -0.25) is 4.79 Å². The van der Waals surface area contributed by atoms with Crippen LogP contribution in [0.4, 0.5) is 0 Å². The fourth-order valence-electron chi connectivity index (χ4n) is 7.29. The molecule has 0 aliphatic heterocycles. The van der Waals surface area contributed by atoms with Gasteiger partial charge in [0.2, 0.25) is 0 Å². The van der Waals surface area contributed by atoms with Crippen LogP contribution in [0.15, 0.2) is 11.6 Å². The molecule has 172 valence electrons. The minimum absolute atomic E-state index is 0.120. The molecule has 3 rings (SSSR count). The van der Waals surface area contributed by atoms with Crippen LogP contribution in [-0.2, 0) is 4.79 Å². The molecule has 3 aliphatic carbocycles. The third-order valence-corrected chi connectivity index (χ3v) is 9.47. The molecule has 0 unspecified atom stereocenters. The van der Waals surface area contributed by atoms with Crippen LogP contribution in [0.3, 0.4) is 0 Å². The molecule has 2 saturated carbocycles. The first-order valence-electron chi connectivity index (χ1n) is 12.8. The maximum Gasteiger partial charge on any atom is 0.306 e. The Labute approximate surface area is 184 Å². The van der Waals surface area contributed by atoms with Crippen molar-refractivity contribution in [3.63, 3.8) is 0 Å². The van der Waals surface area contributed by atoms with Gasteiger partial charge in [0, 0.05) is 0 Å². The summed E-state index contributed by atoms with van der Waals surface area (Å²) in [5, 5.41) is 19.3. The Morgan fingerprint density at radius 3 is 2.67 bits per heavy atom. The molecule has 0 aromatic rings. The SMILES string of the molecule is C[C@H](CCC[C@H](C)C(=O)O)[C@H]1CCC[C@@H]2CC=C3C[C@@H](O)CC[C@]3(C)[C@H]2CC[C@H]1C. The molecule has 0 radical (unpaired) electrons. The molecule has 0 saturated heterocycles. The lowest BCUT2D eigenvalue weighted by Gasteiger charge is -2.50. The van der Waals surface area contributed by atoms with E-state index < -0.39 is 5.97 Å². The first-order chi connectivity index (χ1) is 14.2. The number of aliphatic hydroxyl groups excluding tert-OH is 1. The highest BCUT2D eigenvalue weighted by molar-refractivity contribution is 5.69. The lowest BCUT2D eigenvalue weighted by molar-refractivity contribution is -0.141. The average Bonchev–Trinajstić information content (AvgIpc) is 2.77. The number of fused-ring (bicyclic) bond motifs is 3. The summed E-state index contributed by atoms with van der Waals surface area (Å²) in [5.74, 6) is 2.97. The maximum atomic E-state index is 11.1. The third kappa shape index (κ3) is 5.31. The van der Waals surface area contributed by atoms with Crippen LogP contribution < -0.4 is 0 Å². The zero-order valence-electron chi connectivity index (χ0n) is 19.9. The summed E-state index contributed by atoms with van der Waals surface area (Å²) in [4.78, 5) is 11.1. The number of hydrogen-bond acceptors (Lipinski definition) is 2. The Kier molecular flexibility index (Phi) is 8.09. The van der Waals surface area contributed by atoms with E-state index in [-0.39, 0.29) is 12.0 Å². The van der Waals surface area contributed by atoms with Gasteiger partial charge >= 0.3 is 5.97 Å². The van der Waals surface area contributed by atoms with Crippen LogP contribution >= 0.6 is 0 Å². The van der Waals surface area contributed by atoms with E-state index in [9.17, 15) is 9.90 Å². The molecule has 0 aromatic heterocycles. The summed E-state index contributed by atoms with van der Waals surface area (Å²) in [7, 11) is 0. The highest BCUT2D eigenvalue weighted by Gasteiger charge is 2.46. The molecule has 0 bridgehead atoms. The van der Waals surface area contributed by atoms with Gasteiger partial charge in [-0.25, -0.2) is 0 Å². The van der Waals surface area contributed by atoms with E-state index in [1.54, 1.807) is 5.57 Å². The molecule has 3 heteroatoms. The van der Waals surface area contributed by atoms with Crippen molar-refractivity contribution in [2.75, 3.05) is 0 Å². The molecule has 0 spiro atoms. The van der Waals surface area contributed by atoms with Crippen molar-refractivity contribution in [1.29, 1.82) is 0 Å². The first-order valence-corrected chi connectivity index (χ1v) is 12.8. The number of aliphatic hydroxyl groups is 1. The summed E-state index contributed by atoms with van der Waals surface area (Å²) in [6.45, 7) is 9.24. The standard InChI is InChI=1S/C27H46O3/c1-18(7-5-8-20(3)26(29)30)24-10-6-9-21-12-13-22-17-23(28)15-16-27(22,4)25(21)14-11-19(24)2/h13,18-21,23-25,28H,5-12,14-17H2,1-4H3,(H,29,30)/t18-,19-,20+,21-,23+,24-,25+,27+/m1/s1. The highest BCUT2D eigenvalue weighted by atomic mass is 16.4. The smallest absolute Gasteiger partial charge is 0.306 e. The molecule has 30 heavy (non-hydrogen) atoms. The fraction of sp³-hybridized carbons (Fsp3) is 0.889. The van der Waals surface area contributed by atoms with E-state index in [2.05, 4.69) is 26.8 Å². The van der Waals surface area contributed by atoms with Crippen LogP contribution in [0.2, 0.25) is 0 Å². The van der Waals surface area contributed by atoms with Gasteiger partial charge in [0.25, 0.3) is 0 Å². The molecular weight excluding hydrogens is 372 g/mol. The van der Waals surface area contributed by atoms with Crippen molar-refractivity contribution in [2.24, 2.45) is 40.9 Å². The van der Waals surface area contributed by atoms with Crippen LogP contribution in [0.1, 0.15) is 105 Å². The first kappa shape index (κ1) is 23.8. The second-order valence-corrected chi connectivity index (χ2v) is 11.4. The van der Waals surface area contributed by atoms with Gasteiger partial charge in [-0.05, 0) is 86.4 Å². The monoisotopic (exact) mass is 418 g/mol. The van der Waals surface area contributed by atoms with E-state index in [4.69, 9.17) is 5.11 Å². The molecule has 3 aliphatic rings. The zero-order valence-corrected chi connectivity index (χ0v) is 19.9. The number of rotatable bonds is 6. The van der Waals surface area contributed by atoms with Gasteiger partial charge in [-0.2, -0.15) is 0 Å². The van der Waals surface area contributed by atoms with E-state index >= 15 is 0 Å². The molecule has 0 amide bonds. The number of carboxylic acid groups (broad SMARTS) is 1. The van der Waals surface area contributed by atoms with Gasteiger partial charge in [0.1, 0.15) is 0 Å². The second-order valence-electron chi connectivity index (χ2n) is 11.4. The van der Waals surface area contributed by atoms with Gasteiger partial charge < -0.3 is 10.2 Å². The number of carbonyl (C=O) groups is 1. The molecule has 8 atom stereocenters. The van der Waals surface area contributed by atoms with Crippen LogP contribution in [0.25, 0.3) is 0 Å². The third-order valence-electron chi connectivity index (χ3n) is 9.47. The predicted octanol–water partition coefficient (Wildman–Crippen LogP) is 6.84. The van der Waals surface area contributed by atoms with Crippen LogP contribution in [-0.4, -0.2) is 22.3 Å². The molecule has 0 aromatic carbocycles. The average molecular weight is 419 g/mol. The number of allylic oxidation sites excluding steroid dienone is 1. The minimum atomic E-state index is -0.655. The summed E-state index contributed by atoms with van der Waals surface area (Å²) in [5.41, 5.74) is 1.88. The quantitative estimate of drug-likeness (QED) is 0.464. The van der Waals surface area contributed by atoms with E-state index in [1.165, 1.54) is 44.9 Å². The molecule has 0 heterocycles. The van der Waals surface area contributed by atoms with Crippen LogP contribution in [0.5, 0.6) is 0 Å². The lowest BCUT2D eigenvalue weighted by atomic mass is 9.55. The molecular formula is C27H46O3. The summed E-state index contributed by atoms with van der Waals surface area (Å²) in [6, 6.07) is 0. The summed E-state index contributed by atoms with van der Waals surface area (Å²) < 4.78 is 0. The highest BCUT2D eigenvalue weighted by Crippen LogP contribution is 2.56. The number of aliphatic carboxylic acids is 1. The second kappa shape index (κ2) is 10.2. The Morgan fingerprint density at radius 2 is 1.93 bits per heavy atom. The zero-order chi connectivity index (χ0) is 21.9. The van der Waals surface area contributed by atoms with Crippen molar-refractivity contribution >= 4 is 5.97 Å². The Morgan fingerprint density at radius 1 is 1.17 bits per heavy atom. The minimum Gasteiger partial charge on any atom is -0.481 e. The van der Waals surface area contributed by atoms with Crippen molar-refractivity contribution in [2.45, 2.75) is 111 Å². The van der Waals surface area contributed by atoms with Crippen molar-refractivity contribution in [3.05, 3.63) is 11.6 Å². The normalized spacial score (nSPS) is 39.4. The summed E-state index contributed by atoms with van der Waals surface area (Å²) >= 11 is 0. The number of carboxylic acids is 1. The lowest BCUT2D eigenvalue weighted by Crippen LogP contribution is -2.42. The summed E-state index contributed by atoms with van der Waals surface area (Å²) in [6.07, 6.45) is 16.4. The molecule has 2 fully saturated rings. The largest absolute Gasteiger partial charge is 0.481 e. The fourth-order valence-corrected chi connectivity index (χ4v) is 7.29. The topological polar surface area (TPSA) is 57.5 Å². The van der Waals surface area contributed by atoms with Crippen LogP contribution in [0, 0.1) is 40.9 Å². The maximum absolute atomic E-state index is 11.1. The van der Waals surface area contributed by atoms with Gasteiger partial charge in [0.15, 0.2) is 0 Å². The van der Waals surface area contributed by atoms with Crippen molar-refractivity contribution in [1.82, 2.24) is 0 Å². The van der Waals surface area contributed by atoms with E-state index in [0.29, 0.717) is 11.3 Å². The van der Waals surface area contributed by atoms with Crippen molar-refractivity contribution < 1.29 is 15.0 Å². The molecule has 3 nitrogen and oxygen atoms in total. The number of hydrogen-bond donors (Lipinski definition) is 2. The van der Waals surface area contributed by atoms with E-state index in [0.717, 1.165) is 55.8 Å². The van der Waals surface area contributed by atoms with Gasteiger partial charge in [-0.1, -0.05) is 65.0 Å². The van der Waals surface area contributed by atoms with Crippen molar-refractivity contribution in [3.8, 4) is 0 Å². The van der Waals surface area contributed by atoms with E-state index in [1.807, 2.05) is 6.92 Å². The Hall–Kier alpha value is -0.830.